The lowest BCUT2D eigenvalue weighted by molar-refractivity contribution is 0.401. The Morgan fingerprint density at radius 3 is 2.82 bits per heavy atom. The molecule has 96 valence electrons. The van der Waals surface area contributed by atoms with Crippen LogP contribution in [0, 0.1) is 12.8 Å². The van der Waals surface area contributed by atoms with Crippen molar-refractivity contribution in [1.82, 2.24) is 10.5 Å². The van der Waals surface area contributed by atoms with E-state index in [1.165, 1.54) is 0 Å². The van der Waals surface area contributed by atoms with Gasteiger partial charge in [0.25, 0.3) is 0 Å². The Kier molecular flexibility index (Phi) is 3.68. The quantitative estimate of drug-likeness (QED) is 0.832. The molecule has 0 amide bonds. The lowest BCUT2D eigenvalue weighted by atomic mass is 10.0. The fourth-order valence-electron chi connectivity index (χ4n) is 1.97. The first-order valence-electron chi connectivity index (χ1n) is 5.70. The lowest BCUT2D eigenvalue weighted by Gasteiger charge is -2.22. The van der Waals surface area contributed by atoms with Crippen molar-refractivity contribution in [2.75, 3.05) is 23.6 Å². The van der Waals surface area contributed by atoms with Crippen LogP contribution in [-0.2, 0) is 10.0 Å². The Balaban J connectivity index is 1.94. The summed E-state index contributed by atoms with van der Waals surface area (Å²) in [6, 6.07) is 1.57. The van der Waals surface area contributed by atoms with E-state index in [4.69, 9.17) is 4.52 Å². The van der Waals surface area contributed by atoms with Crippen molar-refractivity contribution in [2.45, 2.75) is 19.8 Å². The summed E-state index contributed by atoms with van der Waals surface area (Å²) < 4.78 is 31.0. The molecule has 0 spiro atoms. The zero-order valence-corrected chi connectivity index (χ0v) is 10.6. The van der Waals surface area contributed by atoms with Gasteiger partial charge in [0.05, 0.1) is 11.4 Å². The molecule has 0 aromatic carbocycles. The van der Waals surface area contributed by atoms with Crippen LogP contribution in [0.15, 0.2) is 10.6 Å². The largest absolute Gasteiger partial charge is 0.338 e. The molecule has 0 radical (unpaired) electrons. The molecule has 1 aliphatic rings. The van der Waals surface area contributed by atoms with E-state index < -0.39 is 10.0 Å². The van der Waals surface area contributed by atoms with Gasteiger partial charge in [0.2, 0.25) is 15.9 Å². The molecule has 6 nitrogen and oxygen atoms in total. The maximum atomic E-state index is 11.9. The summed E-state index contributed by atoms with van der Waals surface area (Å²) in [6.07, 6.45) is 1.80. The minimum absolute atomic E-state index is 0.147. The third kappa shape index (κ3) is 3.71. The first kappa shape index (κ1) is 12.4. The van der Waals surface area contributed by atoms with Crippen LogP contribution in [0.25, 0.3) is 0 Å². The molecule has 0 unspecified atom stereocenters. The van der Waals surface area contributed by atoms with Crippen LogP contribution in [0.2, 0.25) is 0 Å². The van der Waals surface area contributed by atoms with E-state index in [-0.39, 0.29) is 17.6 Å². The van der Waals surface area contributed by atoms with Crippen LogP contribution >= 0.6 is 0 Å². The molecule has 1 aromatic heterocycles. The van der Waals surface area contributed by atoms with E-state index in [9.17, 15) is 8.42 Å². The van der Waals surface area contributed by atoms with Gasteiger partial charge in [-0.15, -0.1) is 0 Å². The molecule has 0 bridgehead atoms. The number of hydrogen-bond donors (Lipinski definition) is 2. The lowest BCUT2D eigenvalue weighted by Crippen LogP contribution is -2.32. The summed E-state index contributed by atoms with van der Waals surface area (Å²) in [5.41, 5.74) is 0.657. The number of sulfonamides is 1. The SMILES string of the molecule is Cc1cc(NS(=O)(=O)CC2CCNCC2)on1. The van der Waals surface area contributed by atoms with Crippen LogP contribution in [0.4, 0.5) is 5.88 Å². The van der Waals surface area contributed by atoms with Gasteiger partial charge in [-0.05, 0) is 38.8 Å². The van der Waals surface area contributed by atoms with Crippen LogP contribution in [0.3, 0.4) is 0 Å². The summed E-state index contributed by atoms with van der Waals surface area (Å²) >= 11 is 0. The van der Waals surface area contributed by atoms with Gasteiger partial charge in [-0.25, -0.2) is 8.42 Å². The van der Waals surface area contributed by atoms with Gasteiger partial charge in [0.1, 0.15) is 0 Å². The average Bonchev–Trinajstić information content (AvgIpc) is 2.63. The number of aromatic nitrogens is 1. The summed E-state index contributed by atoms with van der Waals surface area (Å²) in [6.45, 7) is 3.53. The zero-order valence-electron chi connectivity index (χ0n) is 9.77. The molecule has 2 rings (SSSR count). The molecule has 0 aliphatic carbocycles. The molecule has 17 heavy (non-hydrogen) atoms. The minimum atomic E-state index is -3.33. The molecule has 2 N–H and O–H groups in total. The number of rotatable bonds is 4. The van der Waals surface area contributed by atoms with Crippen LogP contribution < -0.4 is 10.0 Å². The van der Waals surface area contributed by atoms with Crippen molar-refractivity contribution in [3.05, 3.63) is 11.8 Å². The molecule has 0 atom stereocenters. The predicted octanol–water partition coefficient (Wildman–Crippen LogP) is 0.724. The first-order chi connectivity index (χ1) is 8.05. The predicted molar refractivity (Wildman–Crippen MR) is 64.2 cm³/mol. The number of hydrogen-bond acceptors (Lipinski definition) is 5. The highest BCUT2D eigenvalue weighted by molar-refractivity contribution is 7.92. The second-order valence-corrected chi connectivity index (χ2v) is 6.18. The van der Waals surface area contributed by atoms with Gasteiger partial charge in [-0.1, -0.05) is 5.16 Å². The number of anilines is 1. The number of aryl methyl sites for hydroxylation is 1. The summed E-state index contributed by atoms with van der Waals surface area (Å²) in [7, 11) is -3.33. The number of nitrogens with one attached hydrogen (secondary N) is 2. The standard InChI is InChI=1S/C10H17N3O3S/c1-8-6-10(16-12-8)13-17(14,15)7-9-2-4-11-5-3-9/h6,9,11,13H,2-5,7H2,1H3. The Bertz CT molecular complexity index is 463. The van der Waals surface area contributed by atoms with Gasteiger partial charge in [0, 0.05) is 6.07 Å². The van der Waals surface area contributed by atoms with Crippen molar-refractivity contribution in [1.29, 1.82) is 0 Å². The second-order valence-electron chi connectivity index (χ2n) is 4.41. The van der Waals surface area contributed by atoms with Crippen LogP contribution in [-0.4, -0.2) is 32.4 Å². The van der Waals surface area contributed by atoms with Crippen molar-refractivity contribution in [2.24, 2.45) is 5.92 Å². The van der Waals surface area contributed by atoms with Gasteiger partial charge in [-0.3, -0.25) is 4.72 Å². The van der Waals surface area contributed by atoms with E-state index in [2.05, 4.69) is 15.2 Å². The third-order valence-corrected chi connectivity index (χ3v) is 4.22. The average molecular weight is 259 g/mol. The highest BCUT2D eigenvalue weighted by Crippen LogP contribution is 2.17. The molecular formula is C10H17N3O3S. The van der Waals surface area contributed by atoms with Crippen molar-refractivity contribution >= 4 is 15.9 Å². The Morgan fingerprint density at radius 1 is 1.53 bits per heavy atom. The molecule has 1 aromatic rings. The zero-order chi connectivity index (χ0) is 12.3. The molecule has 1 aliphatic heterocycles. The smallest absolute Gasteiger partial charge is 0.238 e. The van der Waals surface area contributed by atoms with E-state index >= 15 is 0 Å². The van der Waals surface area contributed by atoms with Gasteiger partial charge < -0.3 is 9.84 Å². The molecular weight excluding hydrogens is 242 g/mol. The van der Waals surface area contributed by atoms with E-state index in [1.54, 1.807) is 13.0 Å². The Labute approximate surface area is 101 Å². The summed E-state index contributed by atoms with van der Waals surface area (Å²) in [4.78, 5) is 0. The summed E-state index contributed by atoms with van der Waals surface area (Å²) in [5.74, 6) is 0.559. The minimum Gasteiger partial charge on any atom is -0.338 e. The fourth-order valence-corrected chi connectivity index (χ4v) is 3.41. The molecule has 1 fully saturated rings. The van der Waals surface area contributed by atoms with Crippen molar-refractivity contribution in [3.63, 3.8) is 0 Å². The van der Waals surface area contributed by atoms with E-state index in [0.717, 1.165) is 25.9 Å². The highest BCUT2D eigenvalue weighted by atomic mass is 32.2. The fraction of sp³-hybridized carbons (Fsp3) is 0.700. The van der Waals surface area contributed by atoms with E-state index in [0.29, 0.717) is 5.69 Å². The summed E-state index contributed by atoms with van der Waals surface area (Å²) in [5, 5.41) is 6.85. The van der Waals surface area contributed by atoms with Gasteiger partial charge in [0.15, 0.2) is 0 Å². The van der Waals surface area contributed by atoms with Crippen molar-refractivity contribution in [3.8, 4) is 0 Å². The molecule has 0 saturated carbocycles. The topological polar surface area (TPSA) is 84.2 Å². The van der Waals surface area contributed by atoms with E-state index in [1.807, 2.05) is 0 Å². The molecule has 7 heteroatoms. The first-order valence-corrected chi connectivity index (χ1v) is 7.35. The van der Waals surface area contributed by atoms with Crippen LogP contribution in [0.5, 0.6) is 0 Å². The number of piperidine rings is 1. The van der Waals surface area contributed by atoms with Gasteiger partial charge >= 0.3 is 0 Å². The molecule has 2 heterocycles. The van der Waals surface area contributed by atoms with Gasteiger partial charge in [-0.2, -0.15) is 0 Å². The molecule has 1 saturated heterocycles. The highest BCUT2D eigenvalue weighted by Gasteiger charge is 2.22. The Morgan fingerprint density at radius 2 is 2.24 bits per heavy atom. The maximum Gasteiger partial charge on any atom is 0.238 e. The van der Waals surface area contributed by atoms with Crippen molar-refractivity contribution < 1.29 is 12.9 Å². The third-order valence-electron chi connectivity index (χ3n) is 2.80. The van der Waals surface area contributed by atoms with Crippen LogP contribution in [0.1, 0.15) is 18.5 Å². The number of nitrogens with zero attached hydrogens (tertiary/aromatic N) is 1. The monoisotopic (exact) mass is 259 g/mol. The second kappa shape index (κ2) is 5.05. The Hall–Kier alpha value is -1.08. The normalized spacial score (nSPS) is 18.2. The maximum absolute atomic E-state index is 11.9.